The van der Waals surface area contributed by atoms with Gasteiger partial charge >= 0.3 is 0 Å². The third-order valence-electron chi connectivity index (χ3n) is 2.61. The largest absolute Gasteiger partial charge is 0.304 e. The molecular weight excluding hydrogens is 386 g/mol. The van der Waals surface area contributed by atoms with Crippen LogP contribution in [-0.4, -0.2) is 4.98 Å². The molecule has 2 aromatic rings. The first-order chi connectivity index (χ1) is 7.57. The van der Waals surface area contributed by atoms with Crippen molar-refractivity contribution in [2.24, 2.45) is 0 Å². The van der Waals surface area contributed by atoms with Crippen LogP contribution in [0.15, 0.2) is 42.6 Å². The molecule has 91 valence electrons. The van der Waals surface area contributed by atoms with Crippen LogP contribution in [0.5, 0.6) is 0 Å². The third kappa shape index (κ3) is 3.49. The maximum Gasteiger partial charge on any atom is 0.0198 e. The van der Waals surface area contributed by atoms with Gasteiger partial charge in [0.1, 0.15) is 0 Å². The number of aromatic nitrogens is 1. The number of hydrogen-bond acceptors (Lipinski definition) is 1. The summed E-state index contributed by atoms with van der Waals surface area (Å²) in [5.74, 6) is 0. The Hall–Kier alpha value is -0.981. The van der Waals surface area contributed by atoms with Gasteiger partial charge in [0.25, 0.3) is 0 Å². The molecule has 0 N–H and O–H groups in total. The van der Waals surface area contributed by atoms with Crippen LogP contribution in [0.1, 0.15) is 26.3 Å². The van der Waals surface area contributed by atoms with Crippen molar-refractivity contribution >= 4 is 0 Å². The fourth-order valence-electron chi connectivity index (χ4n) is 1.55. The van der Waals surface area contributed by atoms with Gasteiger partial charge in [0, 0.05) is 26.3 Å². The van der Waals surface area contributed by atoms with E-state index >= 15 is 0 Å². The van der Waals surface area contributed by atoms with Gasteiger partial charge in [-0.3, -0.25) is 0 Å². The third-order valence-corrected chi connectivity index (χ3v) is 2.61. The second-order valence-electron chi connectivity index (χ2n) is 4.96. The molecule has 1 aromatic carbocycles. The molecule has 2 heteroatoms. The van der Waals surface area contributed by atoms with E-state index in [1.165, 1.54) is 5.56 Å². The van der Waals surface area contributed by atoms with Crippen molar-refractivity contribution in [2.75, 3.05) is 0 Å². The fraction of sp³-hybridized carbons (Fsp3) is 0.267. The Labute approximate surface area is 117 Å². The number of benzene rings is 1. The van der Waals surface area contributed by atoms with Crippen LogP contribution < -0.4 is 0 Å². The Bertz CT molecular complexity index is 455. The Morgan fingerprint density at radius 1 is 1.06 bits per heavy atom. The van der Waals surface area contributed by atoms with Gasteiger partial charge in [0.15, 0.2) is 0 Å². The number of rotatable bonds is 1. The van der Waals surface area contributed by atoms with Crippen LogP contribution in [-0.2, 0) is 25.5 Å². The summed E-state index contributed by atoms with van der Waals surface area (Å²) >= 11 is 0. The second kappa shape index (κ2) is 5.57. The molecule has 1 nitrogen and oxygen atoms in total. The van der Waals surface area contributed by atoms with Crippen LogP contribution in [0.25, 0.3) is 11.3 Å². The van der Waals surface area contributed by atoms with E-state index in [1.54, 1.807) is 0 Å². The zero-order chi connectivity index (χ0) is 11.6. The summed E-state index contributed by atoms with van der Waals surface area (Å²) < 4.78 is 0. The maximum atomic E-state index is 4.48. The van der Waals surface area contributed by atoms with E-state index < -0.39 is 0 Å². The Kier molecular flexibility index (Phi) is 4.61. The Balaban J connectivity index is 0.00000144. The van der Waals surface area contributed by atoms with E-state index in [9.17, 15) is 0 Å². The molecule has 1 radical (unpaired) electrons. The van der Waals surface area contributed by atoms with Gasteiger partial charge in [-0.2, -0.15) is 0 Å². The van der Waals surface area contributed by atoms with Gasteiger partial charge in [-0.05, 0) is 16.7 Å². The van der Waals surface area contributed by atoms with Crippen LogP contribution in [0.2, 0.25) is 0 Å². The predicted octanol–water partition coefficient (Wildman–Crippen LogP) is 3.84. The van der Waals surface area contributed by atoms with E-state index in [0.29, 0.717) is 0 Å². The van der Waals surface area contributed by atoms with E-state index in [0.717, 1.165) is 11.3 Å². The molecule has 1 aromatic heterocycles. The molecule has 0 unspecified atom stereocenters. The SMILES string of the molecule is CC(C)(C)c1ccc(-c2[c-]cccc2)nc1.[Ir]. The monoisotopic (exact) mass is 403 g/mol. The molecular formula is C15H16IrN-. The fourth-order valence-corrected chi connectivity index (χ4v) is 1.55. The van der Waals surface area contributed by atoms with E-state index in [1.807, 2.05) is 30.5 Å². The quantitative estimate of drug-likeness (QED) is 0.661. The van der Waals surface area contributed by atoms with Crippen LogP contribution in [0.4, 0.5) is 0 Å². The summed E-state index contributed by atoms with van der Waals surface area (Å²) in [5.41, 5.74) is 3.44. The van der Waals surface area contributed by atoms with E-state index in [2.05, 4.69) is 44.0 Å². The van der Waals surface area contributed by atoms with Gasteiger partial charge in [-0.25, -0.2) is 0 Å². The minimum absolute atomic E-state index is 0. The predicted molar refractivity (Wildman–Crippen MR) is 67.2 cm³/mol. The summed E-state index contributed by atoms with van der Waals surface area (Å²) in [5, 5.41) is 0. The summed E-state index contributed by atoms with van der Waals surface area (Å²) in [6, 6.07) is 15.3. The zero-order valence-electron chi connectivity index (χ0n) is 10.3. The van der Waals surface area contributed by atoms with Crippen molar-refractivity contribution in [1.82, 2.24) is 4.98 Å². The first-order valence-corrected chi connectivity index (χ1v) is 5.51. The molecule has 0 aliphatic carbocycles. The van der Waals surface area contributed by atoms with Crippen LogP contribution in [0.3, 0.4) is 0 Å². The summed E-state index contributed by atoms with van der Waals surface area (Å²) in [6.45, 7) is 6.58. The molecule has 0 atom stereocenters. The van der Waals surface area contributed by atoms with Crippen molar-refractivity contribution < 1.29 is 20.1 Å². The van der Waals surface area contributed by atoms with Crippen LogP contribution >= 0.6 is 0 Å². The van der Waals surface area contributed by atoms with Gasteiger partial charge in [-0.1, -0.05) is 32.9 Å². The molecule has 0 spiro atoms. The molecule has 2 rings (SSSR count). The van der Waals surface area contributed by atoms with E-state index in [-0.39, 0.29) is 25.5 Å². The van der Waals surface area contributed by atoms with Crippen molar-refractivity contribution in [3.8, 4) is 11.3 Å². The molecule has 0 fully saturated rings. The molecule has 0 saturated carbocycles. The molecule has 17 heavy (non-hydrogen) atoms. The smallest absolute Gasteiger partial charge is 0.0198 e. The molecule has 0 amide bonds. The van der Waals surface area contributed by atoms with Crippen molar-refractivity contribution in [3.63, 3.8) is 0 Å². The van der Waals surface area contributed by atoms with Gasteiger partial charge in [0.2, 0.25) is 0 Å². The first-order valence-electron chi connectivity index (χ1n) is 5.51. The van der Waals surface area contributed by atoms with Crippen molar-refractivity contribution in [1.29, 1.82) is 0 Å². The standard InChI is InChI=1S/C15H16N.Ir/c1-15(2,3)13-9-10-14(16-11-13)12-7-5-4-6-8-12;/h4-7,9-11H,1-3H3;/q-1;. The Morgan fingerprint density at radius 3 is 2.29 bits per heavy atom. The maximum absolute atomic E-state index is 4.48. The van der Waals surface area contributed by atoms with Gasteiger partial charge in [0.05, 0.1) is 0 Å². The second-order valence-corrected chi connectivity index (χ2v) is 4.96. The van der Waals surface area contributed by atoms with Gasteiger partial charge in [-0.15, -0.1) is 35.9 Å². The summed E-state index contributed by atoms with van der Waals surface area (Å²) in [4.78, 5) is 4.48. The normalized spacial score (nSPS) is 10.8. The van der Waals surface area contributed by atoms with Crippen molar-refractivity contribution in [2.45, 2.75) is 26.2 Å². The molecule has 0 aliphatic heterocycles. The van der Waals surface area contributed by atoms with E-state index in [4.69, 9.17) is 0 Å². The van der Waals surface area contributed by atoms with Crippen LogP contribution in [0, 0.1) is 6.07 Å². The summed E-state index contributed by atoms with van der Waals surface area (Å²) in [6.07, 6.45) is 1.95. The first kappa shape index (κ1) is 14.1. The number of nitrogens with zero attached hydrogens (tertiary/aromatic N) is 1. The zero-order valence-corrected chi connectivity index (χ0v) is 12.7. The van der Waals surface area contributed by atoms with Gasteiger partial charge < -0.3 is 4.98 Å². The Morgan fingerprint density at radius 2 is 1.82 bits per heavy atom. The molecule has 0 bridgehead atoms. The minimum Gasteiger partial charge on any atom is -0.304 e. The topological polar surface area (TPSA) is 12.9 Å². The summed E-state index contributed by atoms with van der Waals surface area (Å²) in [7, 11) is 0. The molecule has 0 saturated heterocycles. The van der Waals surface area contributed by atoms with Crippen molar-refractivity contribution in [3.05, 3.63) is 54.2 Å². The average Bonchev–Trinajstić information content (AvgIpc) is 2.29. The number of hydrogen-bond donors (Lipinski definition) is 0. The number of pyridine rings is 1. The average molecular weight is 403 g/mol. The molecule has 1 heterocycles. The molecule has 0 aliphatic rings. The minimum atomic E-state index is 0.